The van der Waals surface area contributed by atoms with E-state index in [0.717, 1.165) is 22.2 Å². The maximum atomic E-state index is 13.4. The Morgan fingerprint density at radius 1 is 1.12 bits per heavy atom. The highest BCUT2D eigenvalue weighted by Crippen LogP contribution is 2.27. The van der Waals surface area contributed by atoms with Crippen LogP contribution in [0.15, 0.2) is 59.5 Å². The first kappa shape index (κ1) is 27.5. The number of para-hydroxylation sites is 1. The van der Waals surface area contributed by atoms with Crippen LogP contribution in [0.5, 0.6) is 5.75 Å². The Bertz CT molecular complexity index is 1550. The third kappa shape index (κ3) is 5.92. The summed E-state index contributed by atoms with van der Waals surface area (Å²) in [6.45, 7) is 4.57. The first-order chi connectivity index (χ1) is 19.1. The van der Waals surface area contributed by atoms with Crippen LogP contribution in [0.2, 0.25) is 0 Å². The number of carbonyl (C=O) groups excluding carboxylic acids is 3. The number of benzene rings is 2. The Hall–Kier alpha value is -4.03. The van der Waals surface area contributed by atoms with E-state index in [1.165, 1.54) is 19.1 Å². The van der Waals surface area contributed by atoms with Gasteiger partial charge in [0.25, 0.3) is 5.91 Å². The molecule has 210 valence electrons. The zero-order valence-corrected chi connectivity index (χ0v) is 23.0. The molecular formula is C28H31N5O6S. The number of sulfonamides is 1. The van der Waals surface area contributed by atoms with Crippen LogP contribution in [-0.4, -0.2) is 61.3 Å². The molecule has 12 heteroatoms. The van der Waals surface area contributed by atoms with Crippen LogP contribution >= 0.6 is 0 Å². The second-order valence-corrected chi connectivity index (χ2v) is 11.8. The van der Waals surface area contributed by atoms with Crippen LogP contribution in [0.4, 0.5) is 4.79 Å². The fourth-order valence-electron chi connectivity index (χ4n) is 5.33. The number of piperidine rings is 1. The molecule has 0 saturated carbocycles. The normalized spacial score (nSPS) is 18.9. The van der Waals surface area contributed by atoms with Crippen LogP contribution in [-0.2, 0) is 26.2 Å². The van der Waals surface area contributed by atoms with Gasteiger partial charge in [0.1, 0.15) is 18.4 Å². The number of nitrogens with one attached hydrogen (secondary N) is 3. The molecule has 3 N–H and O–H groups in total. The third-order valence-corrected chi connectivity index (χ3v) is 8.88. The Morgan fingerprint density at radius 2 is 1.82 bits per heavy atom. The maximum Gasteiger partial charge on any atom is 0.322 e. The topological polar surface area (TPSA) is 147 Å². The SMILES string of the molecule is CC(=O)N1CCC(C(NS(=O)(=O)c2ccc(OCc3cc(C)nc4ccccc34)cc2)C2NC(=O)NC2=O)CC1. The van der Waals surface area contributed by atoms with E-state index in [1.54, 1.807) is 17.0 Å². The van der Waals surface area contributed by atoms with Crippen molar-refractivity contribution in [2.45, 2.75) is 50.3 Å². The summed E-state index contributed by atoms with van der Waals surface area (Å²) in [5.41, 5.74) is 2.72. The van der Waals surface area contributed by atoms with Crippen molar-refractivity contribution in [3.8, 4) is 5.75 Å². The van der Waals surface area contributed by atoms with Crippen molar-refractivity contribution in [3.05, 3.63) is 65.9 Å². The highest BCUT2D eigenvalue weighted by Gasteiger charge is 2.43. The van der Waals surface area contributed by atoms with Crippen molar-refractivity contribution in [1.29, 1.82) is 0 Å². The summed E-state index contributed by atoms with van der Waals surface area (Å²) >= 11 is 0. The van der Waals surface area contributed by atoms with E-state index in [2.05, 4.69) is 20.3 Å². The number of pyridine rings is 1. The van der Waals surface area contributed by atoms with Crippen LogP contribution < -0.4 is 20.1 Å². The van der Waals surface area contributed by atoms with Crippen molar-refractivity contribution >= 4 is 38.8 Å². The molecule has 2 aliphatic rings. The monoisotopic (exact) mass is 565 g/mol. The van der Waals surface area contributed by atoms with Gasteiger partial charge in [0.15, 0.2) is 0 Å². The molecule has 2 unspecified atom stereocenters. The molecule has 0 radical (unpaired) electrons. The zero-order valence-electron chi connectivity index (χ0n) is 22.2. The highest BCUT2D eigenvalue weighted by molar-refractivity contribution is 7.89. The second-order valence-electron chi connectivity index (χ2n) is 10.1. The van der Waals surface area contributed by atoms with Crippen LogP contribution in [0.1, 0.15) is 31.0 Å². The summed E-state index contributed by atoms with van der Waals surface area (Å²) in [6, 6.07) is 13.2. The number of hydrogen-bond acceptors (Lipinski definition) is 7. The van der Waals surface area contributed by atoms with E-state index >= 15 is 0 Å². The molecular weight excluding hydrogens is 534 g/mol. The van der Waals surface area contributed by atoms with Crippen LogP contribution in [0.3, 0.4) is 0 Å². The second kappa shape index (κ2) is 11.2. The fraction of sp³-hybridized carbons (Fsp3) is 0.357. The largest absolute Gasteiger partial charge is 0.489 e. The van der Waals surface area contributed by atoms with Crippen LogP contribution in [0, 0.1) is 12.8 Å². The molecule has 11 nitrogen and oxygen atoms in total. The highest BCUT2D eigenvalue weighted by atomic mass is 32.2. The van der Waals surface area contributed by atoms with Gasteiger partial charge in [-0.2, -0.15) is 0 Å². The Morgan fingerprint density at radius 3 is 2.48 bits per heavy atom. The van der Waals surface area contributed by atoms with Gasteiger partial charge in [0.2, 0.25) is 15.9 Å². The number of amides is 4. The van der Waals surface area contributed by atoms with Gasteiger partial charge in [-0.3, -0.25) is 19.9 Å². The summed E-state index contributed by atoms with van der Waals surface area (Å²) in [7, 11) is -4.06. The number of ether oxygens (including phenoxy) is 1. The van der Waals surface area contributed by atoms with Gasteiger partial charge in [-0.25, -0.2) is 17.9 Å². The van der Waals surface area contributed by atoms with Gasteiger partial charge in [-0.1, -0.05) is 18.2 Å². The van der Waals surface area contributed by atoms with Crippen LogP contribution in [0.25, 0.3) is 10.9 Å². The number of aromatic nitrogens is 1. The molecule has 0 spiro atoms. The minimum atomic E-state index is -4.06. The molecule has 0 aliphatic carbocycles. The Labute approximate surface area is 232 Å². The molecule has 2 saturated heterocycles. The minimum absolute atomic E-state index is 0.000888. The molecule has 2 fully saturated rings. The standard InChI is InChI=1S/C28H31N5O6S/c1-17-15-20(23-5-3-4-6-24(23)29-17)16-39-21-7-9-22(10-8-21)40(37,38)32-25(26-27(35)31-28(36)30-26)19-11-13-33(14-12-19)18(2)34/h3-10,15,19,25-26,32H,11-14,16H2,1-2H3,(H2,30,31,35,36). The number of rotatable bonds is 8. The van der Waals surface area contributed by atoms with E-state index in [0.29, 0.717) is 31.7 Å². The predicted octanol–water partition coefficient (Wildman–Crippen LogP) is 2.24. The Kier molecular flexibility index (Phi) is 7.72. The smallest absolute Gasteiger partial charge is 0.322 e. The van der Waals surface area contributed by atoms with Gasteiger partial charge >= 0.3 is 6.03 Å². The van der Waals surface area contributed by atoms with Crippen molar-refractivity contribution in [3.63, 3.8) is 0 Å². The lowest BCUT2D eigenvalue weighted by Gasteiger charge is -2.37. The average molecular weight is 566 g/mol. The predicted molar refractivity (Wildman–Crippen MR) is 147 cm³/mol. The van der Waals surface area contributed by atoms with Gasteiger partial charge in [-0.05, 0) is 62.1 Å². The minimum Gasteiger partial charge on any atom is -0.489 e. The molecule has 3 heterocycles. The van der Waals surface area contributed by atoms with E-state index in [-0.39, 0.29) is 23.3 Å². The van der Waals surface area contributed by atoms with Crippen molar-refractivity contribution in [2.24, 2.45) is 5.92 Å². The molecule has 2 atom stereocenters. The molecule has 2 aliphatic heterocycles. The fourth-order valence-corrected chi connectivity index (χ4v) is 6.65. The van der Waals surface area contributed by atoms with Crippen molar-refractivity contribution in [1.82, 2.24) is 25.2 Å². The first-order valence-electron chi connectivity index (χ1n) is 13.1. The lowest BCUT2D eigenvalue weighted by Crippen LogP contribution is -2.56. The average Bonchev–Trinajstić information content (AvgIpc) is 3.27. The summed E-state index contributed by atoms with van der Waals surface area (Å²) in [5.74, 6) is -0.416. The number of imide groups is 1. The molecule has 0 bridgehead atoms. The Balaban J connectivity index is 1.31. The molecule has 3 aromatic rings. The van der Waals surface area contributed by atoms with Gasteiger partial charge < -0.3 is 15.0 Å². The summed E-state index contributed by atoms with van der Waals surface area (Å²) in [6.07, 6.45) is 0.977. The number of nitrogens with zero attached hydrogens (tertiary/aromatic N) is 2. The molecule has 40 heavy (non-hydrogen) atoms. The lowest BCUT2D eigenvalue weighted by molar-refractivity contribution is -0.130. The number of fused-ring (bicyclic) bond motifs is 1. The number of urea groups is 1. The van der Waals surface area contributed by atoms with Crippen molar-refractivity contribution in [2.75, 3.05) is 13.1 Å². The first-order valence-corrected chi connectivity index (χ1v) is 14.6. The third-order valence-electron chi connectivity index (χ3n) is 7.41. The number of aryl methyl sites for hydroxylation is 1. The van der Waals surface area contributed by atoms with Gasteiger partial charge in [-0.15, -0.1) is 0 Å². The van der Waals surface area contributed by atoms with Gasteiger partial charge in [0, 0.05) is 36.7 Å². The summed E-state index contributed by atoms with van der Waals surface area (Å²) in [5, 5.41) is 5.70. The zero-order chi connectivity index (χ0) is 28.4. The van der Waals surface area contributed by atoms with E-state index < -0.39 is 34.0 Å². The number of carbonyl (C=O) groups is 3. The lowest BCUT2D eigenvalue weighted by atomic mass is 9.86. The molecule has 2 aromatic carbocycles. The number of hydrogen-bond donors (Lipinski definition) is 3. The quantitative estimate of drug-likeness (QED) is 0.355. The molecule has 4 amide bonds. The summed E-state index contributed by atoms with van der Waals surface area (Å²) in [4.78, 5) is 42.3. The van der Waals surface area contributed by atoms with E-state index in [9.17, 15) is 22.8 Å². The van der Waals surface area contributed by atoms with E-state index in [1.807, 2.05) is 37.3 Å². The van der Waals surface area contributed by atoms with E-state index in [4.69, 9.17) is 4.74 Å². The van der Waals surface area contributed by atoms with Gasteiger partial charge in [0.05, 0.1) is 16.5 Å². The number of likely N-dealkylation sites (tertiary alicyclic amines) is 1. The maximum absolute atomic E-state index is 13.4. The molecule has 1 aromatic heterocycles. The van der Waals surface area contributed by atoms with Crippen molar-refractivity contribution < 1.29 is 27.5 Å². The molecule has 5 rings (SSSR count). The summed E-state index contributed by atoms with van der Waals surface area (Å²) < 4.78 is 35.4.